The summed E-state index contributed by atoms with van der Waals surface area (Å²) in [5, 5.41) is 0. The first-order valence-electron chi connectivity index (χ1n) is 5.41. The third-order valence-corrected chi connectivity index (χ3v) is 3.39. The van der Waals surface area contributed by atoms with E-state index < -0.39 is 0 Å². The Hall–Kier alpha value is -1.20. The van der Waals surface area contributed by atoms with E-state index in [2.05, 4.69) is 21.5 Å². The summed E-state index contributed by atoms with van der Waals surface area (Å²) in [4.78, 5) is 7.65. The van der Waals surface area contributed by atoms with E-state index in [0.29, 0.717) is 6.04 Å². The number of nitrogens with zero attached hydrogens (tertiary/aromatic N) is 2. The minimum absolute atomic E-state index is 0.329. The van der Waals surface area contributed by atoms with Crippen LogP contribution >= 0.6 is 12.2 Å². The molecule has 0 bridgehead atoms. The maximum atomic E-state index is 5.41. The maximum absolute atomic E-state index is 5.41. The largest absolute Gasteiger partial charge is 0.379 e. The normalized spacial score (nSPS) is 20.7. The second-order valence-corrected chi connectivity index (χ2v) is 4.53. The molecule has 0 amide bonds. The molecule has 4 nitrogen and oxygen atoms in total. The molecule has 3 heterocycles. The zero-order chi connectivity index (χ0) is 11.1. The Morgan fingerprint density at radius 2 is 2.50 bits per heavy atom. The van der Waals surface area contributed by atoms with Crippen LogP contribution in [0.25, 0.3) is 11.2 Å². The Kier molecular flexibility index (Phi) is 2.29. The Morgan fingerprint density at radius 1 is 1.62 bits per heavy atom. The van der Waals surface area contributed by atoms with Crippen LogP contribution in [-0.4, -0.2) is 27.7 Å². The molecule has 1 saturated heterocycles. The first-order chi connectivity index (χ1) is 7.77. The van der Waals surface area contributed by atoms with Crippen molar-refractivity contribution in [2.75, 3.05) is 13.2 Å². The van der Waals surface area contributed by atoms with E-state index in [1.54, 1.807) is 0 Å². The van der Waals surface area contributed by atoms with E-state index in [9.17, 15) is 0 Å². The molecule has 1 N–H and O–H groups in total. The molecular formula is C11H13N3OS. The van der Waals surface area contributed by atoms with Crippen LogP contribution in [-0.2, 0) is 4.74 Å². The van der Waals surface area contributed by atoms with Crippen molar-refractivity contribution in [3.05, 3.63) is 22.6 Å². The third kappa shape index (κ3) is 1.39. The first kappa shape index (κ1) is 9.99. The summed E-state index contributed by atoms with van der Waals surface area (Å²) >= 11 is 5.36. The SMILES string of the molecule is Cc1ccnc2c1[nH]c(=S)n2C1CCOC1. The zero-order valence-electron chi connectivity index (χ0n) is 9.06. The number of nitrogens with one attached hydrogen (secondary N) is 1. The number of hydrogen-bond donors (Lipinski definition) is 1. The average molecular weight is 235 g/mol. The van der Waals surface area contributed by atoms with Crippen LogP contribution < -0.4 is 0 Å². The van der Waals surface area contributed by atoms with Crippen molar-refractivity contribution in [2.45, 2.75) is 19.4 Å². The number of fused-ring (bicyclic) bond motifs is 1. The number of ether oxygens (including phenoxy) is 1. The minimum atomic E-state index is 0.329. The van der Waals surface area contributed by atoms with Gasteiger partial charge in [0.1, 0.15) is 0 Å². The molecule has 1 fully saturated rings. The van der Waals surface area contributed by atoms with Gasteiger partial charge < -0.3 is 9.72 Å². The van der Waals surface area contributed by atoms with Gasteiger partial charge in [-0.05, 0) is 37.2 Å². The summed E-state index contributed by atoms with van der Waals surface area (Å²) < 4.78 is 8.24. The molecule has 16 heavy (non-hydrogen) atoms. The van der Waals surface area contributed by atoms with Crippen molar-refractivity contribution in [3.8, 4) is 0 Å². The topological polar surface area (TPSA) is 42.8 Å². The van der Waals surface area contributed by atoms with E-state index in [1.807, 2.05) is 12.3 Å². The number of hydrogen-bond acceptors (Lipinski definition) is 3. The van der Waals surface area contributed by atoms with Gasteiger partial charge in [-0.25, -0.2) is 4.98 Å². The minimum Gasteiger partial charge on any atom is -0.379 e. The Bertz CT molecular complexity index is 580. The molecule has 5 heteroatoms. The number of aryl methyl sites for hydroxylation is 1. The number of pyridine rings is 1. The number of aromatic amines is 1. The summed E-state index contributed by atoms with van der Waals surface area (Å²) in [6, 6.07) is 2.32. The molecule has 1 unspecified atom stereocenters. The Morgan fingerprint density at radius 3 is 3.25 bits per heavy atom. The lowest BCUT2D eigenvalue weighted by atomic mass is 10.2. The van der Waals surface area contributed by atoms with Gasteiger partial charge in [-0.1, -0.05) is 0 Å². The maximum Gasteiger partial charge on any atom is 0.179 e. The van der Waals surface area contributed by atoms with Gasteiger partial charge in [-0.15, -0.1) is 0 Å². The monoisotopic (exact) mass is 235 g/mol. The number of imidazole rings is 1. The van der Waals surface area contributed by atoms with Gasteiger partial charge in [0.25, 0.3) is 0 Å². The molecule has 3 rings (SSSR count). The van der Waals surface area contributed by atoms with E-state index in [-0.39, 0.29) is 0 Å². The van der Waals surface area contributed by atoms with Crippen molar-refractivity contribution in [1.29, 1.82) is 0 Å². The van der Waals surface area contributed by atoms with E-state index in [4.69, 9.17) is 17.0 Å². The fraction of sp³-hybridized carbons (Fsp3) is 0.455. The molecular weight excluding hydrogens is 222 g/mol. The fourth-order valence-corrected chi connectivity index (χ4v) is 2.55. The Balaban J connectivity index is 2.27. The smallest absolute Gasteiger partial charge is 0.179 e. The van der Waals surface area contributed by atoms with Gasteiger partial charge in [0.15, 0.2) is 10.4 Å². The lowest BCUT2D eigenvalue weighted by Gasteiger charge is -2.09. The highest BCUT2D eigenvalue weighted by Gasteiger charge is 2.21. The third-order valence-electron chi connectivity index (χ3n) is 3.09. The number of H-pyrrole nitrogens is 1. The highest BCUT2D eigenvalue weighted by Crippen LogP contribution is 2.25. The molecule has 2 aromatic rings. The van der Waals surface area contributed by atoms with Crippen molar-refractivity contribution in [1.82, 2.24) is 14.5 Å². The van der Waals surface area contributed by atoms with Gasteiger partial charge in [0, 0.05) is 12.8 Å². The fourth-order valence-electron chi connectivity index (χ4n) is 2.21. The number of aromatic nitrogens is 3. The van der Waals surface area contributed by atoms with Crippen LogP contribution in [0.5, 0.6) is 0 Å². The predicted molar refractivity (Wildman–Crippen MR) is 64.1 cm³/mol. The molecule has 0 aliphatic carbocycles. The summed E-state index contributed by atoms with van der Waals surface area (Å²) in [6.07, 6.45) is 2.84. The van der Waals surface area contributed by atoms with Crippen LogP contribution in [0.15, 0.2) is 12.3 Å². The molecule has 2 aromatic heterocycles. The number of rotatable bonds is 1. The van der Waals surface area contributed by atoms with E-state index >= 15 is 0 Å². The molecule has 0 spiro atoms. The highest BCUT2D eigenvalue weighted by molar-refractivity contribution is 7.71. The van der Waals surface area contributed by atoms with Gasteiger partial charge in [0.2, 0.25) is 0 Å². The molecule has 0 aromatic carbocycles. The molecule has 1 aliphatic rings. The predicted octanol–water partition coefficient (Wildman–Crippen LogP) is 2.36. The van der Waals surface area contributed by atoms with Crippen molar-refractivity contribution in [2.24, 2.45) is 0 Å². The van der Waals surface area contributed by atoms with Crippen molar-refractivity contribution in [3.63, 3.8) is 0 Å². The summed E-state index contributed by atoms with van der Waals surface area (Å²) in [6.45, 7) is 3.60. The molecule has 0 radical (unpaired) electrons. The van der Waals surface area contributed by atoms with E-state index in [0.717, 1.165) is 35.6 Å². The van der Waals surface area contributed by atoms with E-state index in [1.165, 1.54) is 5.56 Å². The lowest BCUT2D eigenvalue weighted by Crippen LogP contribution is -2.09. The molecule has 84 valence electrons. The molecule has 1 aliphatic heterocycles. The Labute approximate surface area is 98.3 Å². The van der Waals surface area contributed by atoms with Gasteiger partial charge in [0.05, 0.1) is 18.2 Å². The van der Waals surface area contributed by atoms with Crippen LogP contribution in [0, 0.1) is 11.7 Å². The van der Waals surface area contributed by atoms with Crippen molar-refractivity contribution < 1.29 is 4.74 Å². The standard InChI is InChI=1S/C11H13N3OS/c1-7-2-4-12-10-9(7)13-11(16)14(10)8-3-5-15-6-8/h2,4,8H,3,5-6H2,1H3,(H,13,16). The second kappa shape index (κ2) is 3.68. The first-order valence-corrected chi connectivity index (χ1v) is 5.82. The average Bonchev–Trinajstić information content (AvgIpc) is 2.85. The highest BCUT2D eigenvalue weighted by atomic mass is 32.1. The van der Waals surface area contributed by atoms with Crippen LogP contribution in [0.1, 0.15) is 18.0 Å². The molecule has 1 atom stereocenters. The lowest BCUT2D eigenvalue weighted by molar-refractivity contribution is 0.187. The van der Waals surface area contributed by atoms with Gasteiger partial charge in [-0.2, -0.15) is 0 Å². The quantitative estimate of drug-likeness (QED) is 0.772. The summed E-state index contributed by atoms with van der Waals surface area (Å²) in [5.74, 6) is 0. The van der Waals surface area contributed by atoms with Crippen LogP contribution in [0.4, 0.5) is 0 Å². The summed E-state index contributed by atoms with van der Waals surface area (Å²) in [5.41, 5.74) is 3.16. The summed E-state index contributed by atoms with van der Waals surface area (Å²) in [7, 11) is 0. The van der Waals surface area contributed by atoms with Gasteiger partial charge in [-0.3, -0.25) is 4.57 Å². The second-order valence-electron chi connectivity index (χ2n) is 4.14. The van der Waals surface area contributed by atoms with Crippen LogP contribution in [0.2, 0.25) is 0 Å². The molecule has 0 saturated carbocycles. The van der Waals surface area contributed by atoms with Crippen LogP contribution in [0.3, 0.4) is 0 Å². The zero-order valence-corrected chi connectivity index (χ0v) is 9.88. The van der Waals surface area contributed by atoms with Crippen molar-refractivity contribution >= 4 is 23.4 Å². The van der Waals surface area contributed by atoms with Gasteiger partial charge >= 0.3 is 0 Å².